The van der Waals surface area contributed by atoms with E-state index in [1.54, 1.807) is 38.9 Å². The lowest BCUT2D eigenvalue weighted by molar-refractivity contribution is 0.340. The molecule has 2 heterocycles. The van der Waals surface area contributed by atoms with Crippen LogP contribution in [0.25, 0.3) is 11.1 Å². The van der Waals surface area contributed by atoms with E-state index in [4.69, 9.17) is 32.9 Å². The third kappa shape index (κ3) is 3.49. The number of nitrogens with one attached hydrogen (secondary N) is 1. The molecule has 0 saturated heterocycles. The van der Waals surface area contributed by atoms with Crippen LogP contribution in [-0.2, 0) is 5.54 Å². The Bertz CT molecular complexity index is 1090. The highest BCUT2D eigenvalue weighted by atomic mass is 35.5. The van der Waals surface area contributed by atoms with Crippen LogP contribution in [0, 0.1) is 0 Å². The molecule has 0 amide bonds. The molecule has 27 heavy (non-hydrogen) atoms. The van der Waals surface area contributed by atoms with Crippen LogP contribution in [0.3, 0.4) is 0 Å². The highest BCUT2D eigenvalue weighted by molar-refractivity contribution is 7.68. The van der Waals surface area contributed by atoms with Gasteiger partial charge in [0.2, 0.25) is 0 Å². The van der Waals surface area contributed by atoms with E-state index in [1.165, 1.54) is 4.88 Å². The van der Waals surface area contributed by atoms with Crippen LogP contribution in [0.5, 0.6) is 5.75 Å². The summed E-state index contributed by atoms with van der Waals surface area (Å²) >= 11 is 12.5. The van der Waals surface area contributed by atoms with Gasteiger partial charge in [0.15, 0.2) is 0 Å². The fourth-order valence-electron chi connectivity index (χ4n) is 3.16. The van der Waals surface area contributed by atoms with Gasteiger partial charge in [-0.1, -0.05) is 43.9 Å². The minimum Gasteiger partial charge on any atom is -0.494 e. The van der Waals surface area contributed by atoms with Crippen molar-refractivity contribution in [2.45, 2.75) is 26.3 Å². The third-order valence-electron chi connectivity index (χ3n) is 4.36. The molecule has 3 nitrogen and oxygen atoms in total. The molecule has 1 aliphatic rings. The van der Waals surface area contributed by atoms with Crippen molar-refractivity contribution in [2.24, 2.45) is 4.99 Å². The van der Waals surface area contributed by atoms with Gasteiger partial charge in [0, 0.05) is 21.8 Å². The molecule has 140 valence electrons. The second-order valence-electron chi connectivity index (χ2n) is 6.77. The summed E-state index contributed by atoms with van der Waals surface area (Å²) in [6.07, 6.45) is 0. The van der Waals surface area contributed by atoms with Crippen molar-refractivity contribution in [1.82, 2.24) is 0 Å². The predicted molar refractivity (Wildman–Crippen MR) is 117 cm³/mol. The first-order chi connectivity index (χ1) is 12.9. The summed E-state index contributed by atoms with van der Waals surface area (Å²) in [7, 11) is 3.39. The van der Waals surface area contributed by atoms with Crippen LogP contribution in [-0.4, -0.2) is 6.61 Å². The van der Waals surface area contributed by atoms with Crippen LogP contribution < -0.4 is 14.7 Å². The van der Waals surface area contributed by atoms with Crippen molar-refractivity contribution in [3.05, 3.63) is 56.0 Å². The maximum Gasteiger partial charge on any atom is 0.135 e. The second-order valence-corrected chi connectivity index (χ2v) is 9.75. The molecule has 3 aromatic rings. The molecule has 4 rings (SSSR count). The number of nitrogens with zero attached hydrogens (tertiary/aromatic N) is 1. The van der Waals surface area contributed by atoms with E-state index in [0.29, 0.717) is 22.3 Å². The molecule has 7 heteroatoms. The smallest absolute Gasteiger partial charge is 0.135 e. The normalized spacial score (nSPS) is 15.1. The maximum atomic E-state index is 6.34. The van der Waals surface area contributed by atoms with Crippen LogP contribution in [0.4, 0.5) is 11.4 Å². The van der Waals surface area contributed by atoms with Crippen molar-refractivity contribution in [2.75, 3.05) is 11.9 Å². The minimum atomic E-state index is -0.178. The third-order valence-corrected chi connectivity index (χ3v) is 7.56. The first kappa shape index (κ1) is 18.8. The zero-order chi connectivity index (χ0) is 19.2. The summed E-state index contributed by atoms with van der Waals surface area (Å²) in [5, 5.41) is 4.84. The highest BCUT2D eigenvalue weighted by Gasteiger charge is 2.33. The minimum absolute atomic E-state index is 0.178. The summed E-state index contributed by atoms with van der Waals surface area (Å²) < 4.78 is 6.65. The maximum absolute atomic E-state index is 6.34. The molecule has 0 unspecified atom stereocenters. The lowest BCUT2D eigenvalue weighted by Gasteiger charge is -2.33. The van der Waals surface area contributed by atoms with E-state index in [0.717, 1.165) is 27.2 Å². The first-order valence-electron chi connectivity index (χ1n) is 8.58. The van der Waals surface area contributed by atoms with Gasteiger partial charge in [-0.15, -0.1) is 0 Å². The van der Waals surface area contributed by atoms with E-state index < -0.39 is 0 Å². The quantitative estimate of drug-likeness (QED) is 0.445. The lowest BCUT2D eigenvalue weighted by Crippen LogP contribution is -2.31. The van der Waals surface area contributed by atoms with Gasteiger partial charge >= 0.3 is 0 Å². The molecule has 1 aromatic heterocycles. The largest absolute Gasteiger partial charge is 0.494 e. The monoisotopic (exact) mass is 436 g/mol. The van der Waals surface area contributed by atoms with E-state index in [-0.39, 0.29) is 5.54 Å². The number of rotatable bonds is 3. The Morgan fingerprint density at radius 2 is 1.93 bits per heavy atom. The number of fused-ring (bicyclic) bond motifs is 3. The number of hydrogen-bond donors (Lipinski definition) is 1. The molecule has 1 N–H and O–H groups in total. The number of hydrogen-bond acceptors (Lipinski definition) is 5. The van der Waals surface area contributed by atoms with Crippen molar-refractivity contribution in [3.63, 3.8) is 0 Å². The van der Waals surface area contributed by atoms with Gasteiger partial charge < -0.3 is 10.1 Å². The molecule has 0 spiro atoms. The average molecular weight is 437 g/mol. The molecule has 2 aromatic carbocycles. The van der Waals surface area contributed by atoms with Gasteiger partial charge in [0.25, 0.3) is 0 Å². The summed E-state index contributed by atoms with van der Waals surface area (Å²) in [5.41, 5.74) is 3.82. The van der Waals surface area contributed by atoms with E-state index in [2.05, 4.69) is 31.3 Å². The number of ether oxygens (including phenoxy) is 1. The molecule has 1 aliphatic heterocycles. The van der Waals surface area contributed by atoms with Gasteiger partial charge in [-0.25, -0.2) is 4.99 Å². The summed E-state index contributed by atoms with van der Waals surface area (Å²) in [5.74, 6) is 0.853. The van der Waals surface area contributed by atoms with Gasteiger partial charge in [-0.3, -0.25) is 0 Å². The van der Waals surface area contributed by atoms with Gasteiger partial charge in [0.05, 0.1) is 27.7 Å². The Balaban J connectivity index is 1.97. The Labute approximate surface area is 175 Å². The summed E-state index contributed by atoms with van der Waals surface area (Å²) in [4.78, 5) is 6.11. The molecule has 0 radical (unpaired) electrons. The molecular formula is C20H18Cl2N2OS2. The van der Waals surface area contributed by atoms with Crippen LogP contribution in [0.2, 0.25) is 10.0 Å². The number of halogens is 2. The van der Waals surface area contributed by atoms with Crippen molar-refractivity contribution < 1.29 is 4.74 Å². The Morgan fingerprint density at radius 3 is 2.70 bits per heavy atom. The second kappa shape index (κ2) is 7.13. The molecular weight excluding hydrogens is 419 g/mol. The summed E-state index contributed by atoms with van der Waals surface area (Å²) in [6, 6.07) is 11.5. The zero-order valence-corrected chi connectivity index (χ0v) is 18.2. The van der Waals surface area contributed by atoms with Crippen LogP contribution >= 0.6 is 43.9 Å². The van der Waals surface area contributed by atoms with Crippen molar-refractivity contribution >= 4 is 55.3 Å². The lowest BCUT2D eigenvalue weighted by atomic mass is 9.90. The average Bonchev–Trinajstić information content (AvgIpc) is 3.04. The molecule has 0 saturated carbocycles. The predicted octanol–water partition coefficient (Wildman–Crippen LogP) is 7.08. The molecule has 0 fully saturated rings. The zero-order valence-electron chi connectivity index (χ0n) is 15.1. The highest BCUT2D eigenvalue weighted by Crippen LogP contribution is 2.46. The van der Waals surface area contributed by atoms with Gasteiger partial charge in [-0.05, 0) is 57.2 Å². The Hall–Kier alpha value is -1.53. The standard InChI is InChI=1S/C20H18Cl2N2OS2/c1-4-25-12-6-8-15-13(10-12)17-18(20(2,3)24-15)26-27-19(17)23-16-9-11(21)5-7-14(16)22/h5-10,24H,4H2,1-3H3. The van der Waals surface area contributed by atoms with Crippen LogP contribution in [0.1, 0.15) is 25.6 Å². The molecule has 0 bridgehead atoms. The van der Waals surface area contributed by atoms with Crippen molar-refractivity contribution in [3.8, 4) is 16.9 Å². The number of anilines is 1. The Kier molecular flexibility index (Phi) is 4.97. The summed E-state index contributed by atoms with van der Waals surface area (Å²) in [6.45, 7) is 6.99. The SMILES string of the molecule is CCOc1ccc2c(c1)-c1c(ssc1=Nc1cc(Cl)ccc1Cl)C(C)(C)N2. The van der Waals surface area contributed by atoms with Crippen molar-refractivity contribution in [1.29, 1.82) is 0 Å². The van der Waals surface area contributed by atoms with E-state index in [9.17, 15) is 0 Å². The fraction of sp³-hybridized carbons (Fsp3) is 0.250. The topological polar surface area (TPSA) is 33.6 Å². The van der Waals surface area contributed by atoms with Gasteiger partial charge in [0.1, 0.15) is 10.4 Å². The fourth-order valence-corrected chi connectivity index (χ4v) is 6.42. The van der Waals surface area contributed by atoms with E-state index >= 15 is 0 Å². The number of benzene rings is 2. The van der Waals surface area contributed by atoms with Gasteiger partial charge in [-0.2, -0.15) is 0 Å². The molecule has 0 atom stereocenters. The Morgan fingerprint density at radius 1 is 1.11 bits per heavy atom. The first-order valence-corrected chi connectivity index (χ1v) is 11.5. The van der Waals surface area contributed by atoms with E-state index in [1.807, 2.05) is 13.0 Å². The molecule has 0 aliphatic carbocycles. The van der Waals surface area contributed by atoms with Crippen LogP contribution in [0.15, 0.2) is 41.4 Å².